The molecule has 3 N–H and O–H groups in total. The number of benzene rings is 2. The summed E-state index contributed by atoms with van der Waals surface area (Å²) in [6.07, 6.45) is 0.646. The zero-order chi connectivity index (χ0) is 21.5. The van der Waals surface area contributed by atoms with E-state index in [1.54, 1.807) is 20.2 Å². The molecule has 0 aliphatic rings. The van der Waals surface area contributed by atoms with Crippen molar-refractivity contribution in [2.75, 3.05) is 27.3 Å². The van der Waals surface area contributed by atoms with Crippen molar-refractivity contribution in [3.8, 4) is 17.2 Å². The van der Waals surface area contributed by atoms with E-state index in [9.17, 15) is 5.11 Å². The monoisotopic (exact) mass is 539 g/mol. The third kappa shape index (κ3) is 6.19. The molecule has 8 heteroatoms. The minimum absolute atomic E-state index is 0. The molecule has 0 saturated carbocycles. The molecule has 168 valence electrons. The average Bonchev–Trinajstić information content (AvgIpc) is 3.19. The molecular weight excluding hydrogens is 509 g/mol. The van der Waals surface area contributed by atoms with E-state index in [0.717, 1.165) is 28.0 Å². The predicted molar refractivity (Wildman–Crippen MR) is 134 cm³/mol. The van der Waals surface area contributed by atoms with Crippen LogP contribution >= 0.6 is 24.0 Å². The molecule has 3 rings (SSSR count). The van der Waals surface area contributed by atoms with Crippen LogP contribution in [0.25, 0.3) is 11.0 Å². The molecule has 1 atom stereocenters. The second-order valence-corrected chi connectivity index (χ2v) is 6.87. The summed E-state index contributed by atoms with van der Waals surface area (Å²) in [7, 11) is 3.30. The first-order valence-electron chi connectivity index (χ1n) is 10.0. The van der Waals surface area contributed by atoms with Crippen LogP contribution in [0.5, 0.6) is 17.2 Å². The molecule has 2 aromatic carbocycles. The Hall–Kier alpha value is -2.62. The summed E-state index contributed by atoms with van der Waals surface area (Å²) in [5, 5.41) is 17.7. The lowest BCUT2D eigenvalue weighted by atomic mass is 10.1. The first kappa shape index (κ1) is 24.6. The van der Waals surface area contributed by atoms with Crippen LogP contribution in [0.1, 0.15) is 31.2 Å². The summed E-state index contributed by atoms with van der Waals surface area (Å²) in [5.74, 6) is 3.05. The SMILES string of the molecule is CCOc1cccc2cc(C(C)NC(=NC)NCCc3ccc(OC)cc3O)oc12.I. The van der Waals surface area contributed by atoms with E-state index in [-0.39, 0.29) is 35.8 Å². The minimum atomic E-state index is -0.0903. The third-order valence-corrected chi connectivity index (χ3v) is 4.81. The summed E-state index contributed by atoms with van der Waals surface area (Å²) in [5.41, 5.74) is 1.59. The van der Waals surface area contributed by atoms with E-state index >= 15 is 0 Å². The highest BCUT2D eigenvalue weighted by atomic mass is 127. The Morgan fingerprint density at radius 1 is 1.23 bits per heavy atom. The number of furan rings is 1. The van der Waals surface area contributed by atoms with Crippen molar-refractivity contribution in [1.82, 2.24) is 10.6 Å². The maximum atomic E-state index is 10.1. The maximum absolute atomic E-state index is 10.1. The number of nitrogens with one attached hydrogen (secondary N) is 2. The van der Waals surface area contributed by atoms with E-state index in [1.165, 1.54) is 0 Å². The molecule has 7 nitrogen and oxygen atoms in total. The van der Waals surface area contributed by atoms with Crippen LogP contribution in [-0.4, -0.2) is 38.4 Å². The number of hydrogen-bond acceptors (Lipinski definition) is 5. The molecule has 0 bridgehead atoms. The van der Waals surface area contributed by atoms with Gasteiger partial charge >= 0.3 is 0 Å². The Balaban J connectivity index is 0.00000341. The molecule has 3 aromatic rings. The number of aliphatic imine (C=N–C) groups is 1. The van der Waals surface area contributed by atoms with Gasteiger partial charge in [0.25, 0.3) is 0 Å². The van der Waals surface area contributed by atoms with Crippen LogP contribution in [0.3, 0.4) is 0 Å². The van der Waals surface area contributed by atoms with Crippen molar-refractivity contribution in [1.29, 1.82) is 0 Å². The largest absolute Gasteiger partial charge is 0.508 e. The number of guanidine groups is 1. The van der Waals surface area contributed by atoms with Gasteiger partial charge in [-0.2, -0.15) is 0 Å². The van der Waals surface area contributed by atoms with Crippen molar-refractivity contribution < 1.29 is 19.0 Å². The number of ether oxygens (including phenoxy) is 2. The standard InChI is InChI=1S/C23H29N3O4.HI/c1-5-29-20-8-6-7-17-13-21(30-22(17)20)15(2)26-23(24-3)25-12-11-16-9-10-18(28-4)14-19(16)27;/h6-10,13-15,27H,5,11-12H2,1-4H3,(H2,24,25,26);1H. The van der Waals surface area contributed by atoms with Crippen LogP contribution in [0.4, 0.5) is 0 Å². The summed E-state index contributed by atoms with van der Waals surface area (Å²) in [6.45, 7) is 5.17. The number of fused-ring (bicyclic) bond motifs is 1. The van der Waals surface area contributed by atoms with Gasteiger partial charge < -0.3 is 29.6 Å². The Morgan fingerprint density at radius 2 is 2.03 bits per heavy atom. The smallest absolute Gasteiger partial charge is 0.191 e. The number of aromatic hydroxyl groups is 1. The third-order valence-electron chi connectivity index (χ3n) is 4.81. The molecule has 1 unspecified atom stereocenters. The molecule has 0 saturated heterocycles. The number of para-hydroxylation sites is 1. The molecule has 0 amide bonds. The van der Waals surface area contributed by atoms with Gasteiger partial charge in [0.1, 0.15) is 17.3 Å². The summed E-state index contributed by atoms with van der Waals surface area (Å²) in [4.78, 5) is 4.28. The number of methoxy groups -OCH3 is 1. The Bertz CT molecular complexity index is 1020. The molecule has 1 heterocycles. The summed E-state index contributed by atoms with van der Waals surface area (Å²) in [6, 6.07) is 13.1. The van der Waals surface area contributed by atoms with Crippen LogP contribution in [-0.2, 0) is 6.42 Å². The van der Waals surface area contributed by atoms with E-state index in [0.29, 0.717) is 31.3 Å². The Morgan fingerprint density at radius 3 is 2.71 bits per heavy atom. The first-order valence-corrected chi connectivity index (χ1v) is 10.0. The highest BCUT2D eigenvalue weighted by Crippen LogP contribution is 2.31. The van der Waals surface area contributed by atoms with E-state index in [4.69, 9.17) is 13.9 Å². The molecule has 0 aliphatic carbocycles. The van der Waals surface area contributed by atoms with Gasteiger partial charge in [0.15, 0.2) is 17.3 Å². The van der Waals surface area contributed by atoms with Gasteiger partial charge in [-0.15, -0.1) is 24.0 Å². The Kier molecular flexibility index (Phi) is 9.29. The highest BCUT2D eigenvalue weighted by molar-refractivity contribution is 14.0. The number of phenols is 1. The fraction of sp³-hybridized carbons (Fsp3) is 0.348. The van der Waals surface area contributed by atoms with Gasteiger partial charge in [0.05, 0.1) is 19.8 Å². The quantitative estimate of drug-likeness (QED) is 0.220. The average molecular weight is 539 g/mol. The zero-order valence-corrected chi connectivity index (χ0v) is 20.6. The lowest BCUT2D eigenvalue weighted by Crippen LogP contribution is -2.39. The number of halogens is 1. The van der Waals surface area contributed by atoms with Crippen LogP contribution < -0.4 is 20.1 Å². The molecule has 0 radical (unpaired) electrons. The van der Waals surface area contributed by atoms with Crippen molar-refractivity contribution in [3.05, 3.63) is 53.8 Å². The van der Waals surface area contributed by atoms with Gasteiger partial charge in [-0.3, -0.25) is 4.99 Å². The normalized spacial score (nSPS) is 12.2. The molecule has 0 aliphatic heterocycles. The van der Waals surface area contributed by atoms with Crippen molar-refractivity contribution in [3.63, 3.8) is 0 Å². The number of phenolic OH excluding ortho intramolecular Hbond substituents is 1. The van der Waals surface area contributed by atoms with Gasteiger partial charge in [-0.05, 0) is 44.0 Å². The fourth-order valence-electron chi connectivity index (χ4n) is 3.21. The van der Waals surface area contributed by atoms with Crippen molar-refractivity contribution in [2.24, 2.45) is 4.99 Å². The molecule has 0 spiro atoms. The number of hydrogen-bond donors (Lipinski definition) is 3. The van der Waals surface area contributed by atoms with Gasteiger partial charge in [0.2, 0.25) is 0 Å². The van der Waals surface area contributed by atoms with E-state index < -0.39 is 0 Å². The first-order chi connectivity index (χ1) is 14.5. The predicted octanol–water partition coefficient (Wildman–Crippen LogP) is 4.63. The molecule has 1 aromatic heterocycles. The number of nitrogens with zero attached hydrogens (tertiary/aromatic N) is 1. The fourth-order valence-corrected chi connectivity index (χ4v) is 3.21. The second kappa shape index (κ2) is 11.7. The lowest BCUT2D eigenvalue weighted by Gasteiger charge is -2.16. The zero-order valence-electron chi connectivity index (χ0n) is 18.3. The van der Waals surface area contributed by atoms with E-state index in [1.807, 2.05) is 50.2 Å². The Labute approximate surface area is 199 Å². The minimum Gasteiger partial charge on any atom is -0.508 e. The van der Waals surface area contributed by atoms with Gasteiger partial charge in [0, 0.05) is 25.0 Å². The summed E-state index contributed by atoms with van der Waals surface area (Å²) < 4.78 is 16.8. The highest BCUT2D eigenvalue weighted by Gasteiger charge is 2.15. The molecular formula is C23H30IN3O4. The van der Waals surface area contributed by atoms with E-state index in [2.05, 4.69) is 15.6 Å². The van der Waals surface area contributed by atoms with Crippen molar-refractivity contribution in [2.45, 2.75) is 26.3 Å². The topological polar surface area (TPSA) is 88.2 Å². The van der Waals surface area contributed by atoms with Crippen molar-refractivity contribution >= 4 is 40.9 Å². The van der Waals surface area contributed by atoms with Crippen LogP contribution in [0, 0.1) is 0 Å². The second-order valence-electron chi connectivity index (χ2n) is 6.87. The molecule has 31 heavy (non-hydrogen) atoms. The van der Waals surface area contributed by atoms with Crippen LogP contribution in [0.15, 0.2) is 51.9 Å². The van der Waals surface area contributed by atoms with Gasteiger partial charge in [-0.1, -0.05) is 18.2 Å². The maximum Gasteiger partial charge on any atom is 0.191 e. The lowest BCUT2D eigenvalue weighted by molar-refractivity contribution is 0.336. The van der Waals surface area contributed by atoms with Crippen LogP contribution in [0.2, 0.25) is 0 Å². The van der Waals surface area contributed by atoms with Gasteiger partial charge in [-0.25, -0.2) is 0 Å². The summed E-state index contributed by atoms with van der Waals surface area (Å²) >= 11 is 0. The number of rotatable bonds is 8. The molecule has 0 fully saturated rings.